The standard InChI is InChI=1S/C15H21FN4/c1-10(2)8-20-15(18-9-19-20)7-14(17)12-6-11(3)4-5-13(12)16/h4-6,9-10,14H,7-8,17H2,1-3H3. The summed E-state index contributed by atoms with van der Waals surface area (Å²) in [6.45, 7) is 6.95. The van der Waals surface area contributed by atoms with Gasteiger partial charge in [-0.1, -0.05) is 31.5 Å². The van der Waals surface area contributed by atoms with Crippen molar-refractivity contribution in [3.63, 3.8) is 0 Å². The van der Waals surface area contributed by atoms with Crippen molar-refractivity contribution in [2.24, 2.45) is 11.7 Å². The molecule has 0 aliphatic rings. The first-order valence-electron chi connectivity index (χ1n) is 6.85. The molecule has 1 atom stereocenters. The van der Waals surface area contributed by atoms with Crippen molar-refractivity contribution < 1.29 is 4.39 Å². The molecule has 108 valence electrons. The molecule has 0 fully saturated rings. The molecule has 1 heterocycles. The lowest BCUT2D eigenvalue weighted by atomic mass is 10.0. The summed E-state index contributed by atoms with van der Waals surface area (Å²) < 4.78 is 15.7. The minimum atomic E-state index is -0.412. The maximum absolute atomic E-state index is 13.8. The number of halogens is 1. The van der Waals surface area contributed by atoms with Crippen LogP contribution in [0.3, 0.4) is 0 Å². The van der Waals surface area contributed by atoms with Crippen LogP contribution in [0.15, 0.2) is 24.5 Å². The largest absolute Gasteiger partial charge is 0.323 e. The molecule has 0 aliphatic carbocycles. The summed E-state index contributed by atoms with van der Waals surface area (Å²) in [5.74, 6) is 1.01. The van der Waals surface area contributed by atoms with E-state index in [1.54, 1.807) is 12.1 Å². The van der Waals surface area contributed by atoms with Gasteiger partial charge in [0.05, 0.1) is 0 Å². The van der Waals surface area contributed by atoms with Gasteiger partial charge in [-0.05, 0) is 18.9 Å². The van der Waals surface area contributed by atoms with Gasteiger partial charge in [-0.15, -0.1) is 0 Å². The van der Waals surface area contributed by atoms with Gasteiger partial charge in [0, 0.05) is 24.6 Å². The molecule has 1 aromatic heterocycles. The second kappa shape index (κ2) is 6.13. The first-order valence-corrected chi connectivity index (χ1v) is 6.85. The highest BCUT2D eigenvalue weighted by Gasteiger charge is 2.16. The number of aromatic nitrogens is 3. The SMILES string of the molecule is Cc1ccc(F)c(C(N)Cc2ncnn2CC(C)C)c1. The van der Waals surface area contributed by atoms with Gasteiger partial charge < -0.3 is 5.73 Å². The van der Waals surface area contributed by atoms with E-state index in [1.165, 1.54) is 12.4 Å². The number of nitrogens with two attached hydrogens (primary N) is 1. The van der Waals surface area contributed by atoms with Gasteiger partial charge in [0.15, 0.2) is 0 Å². The summed E-state index contributed by atoms with van der Waals surface area (Å²) in [5, 5.41) is 4.20. The lowest BCUT2D eigenvalue weighted by Gasteiger charge is -2.15. The van der Waals surface area contributed by atoms with Crippen LogP contribution in [0.25, 0.3) is 0 Å². The molecular weight excluding hydrogens is 255 g/mol. The van der Waals surface area contributed by atoms with E-state index in [0.29, 0.717) is 17.9 Å². The minimum Gasteiger partial charge on any atom is -0.323 e. The highest BCUT2D eigenvalue weighted by molar-refractivity contribution is 5.27. The molecule has 4 nitrogen and oxygen atoms in total. The van der Waals surface area contributed by atoms with Gasteiger partial charge >= 0.3 is 0 Å². The van der Waals surface area contributed by atoms with Crippen LogP contribution in [0.2, 0.25) is 0 Å². The van der Waals surface area contributed by atoms with E-state index in [4.69, 9.17) is 5.73 Å². The topological polar surface area (TPSA) is 56.7 Å². The van der Waals surface area contributed by atoms with Crippen molar-refractivity contribution in [1.29, 1.82) is 0 Å². The van der Waals surface area contributed by atoms with Gasteiger partial charge in [-0.3, -0.25) is 0 Å². The highest BCUT2D eigenvalue weighted by Crippen LogP contribution is 2.20. The van der Waals surface area contributed by atoms with E-state index in [0.717, 1.165) is 17.9 Å². The van der Waals surface area contributed by atoms with Crippen molar-refractivity contribution in [3.8, 4) is 0 Å². The summed E-state index contributed by atoms with van der Waals surface area (Å²) in [4.78, 5) is 4.24. The Morgan fingerprint density at radius 1 is 1.35 bits per heavy atom. The van der Waals surface area contributed by atoms with Crippen molar-refractivity contribution in [3.05, 3.63) is 47.3 Å². The van der Waals surface area contributed by atoms with Crippen LogP contribution in [0.5, 0.6) is 0 Å². The Balaban J connectivity index is 2.17. The first kappa shape index (κ1) is 14.7. The van der Waals surface area contributed by atoms with E-state index in [9.17, 15) is 4.39 Å². The number of nitrogens with zero attached hydrogens (tertiary/aromatic N) is 3. The molecule has 0 spiro atoms. The van der Waals surface area contributed by atoms with Crippen LogP contribution in [0.1, 0.15) is 36.8 Å². The fraction of sp³-hybridized carbons (Fsp3) is 0.467. The number of hydrogen-bond acceptors (Lipinski definition) is 3. The molecule has 5 heteroatoms. The highest BCUT2D eigenvalue weighted by atomic mass is 19.1. The smallest absolute Gasteiger partial charge is 0.138 e. The fourth-order valence-corrected chi connectivity index (χ4v) is 2.20. The Hall–Kier alpha value is -1.75. The Labute approximate surface area is 118 Å². The minimum absolute atomic E-state index is 0.266. The molecule has 2 N–H and O–H groups in total. The fourth-order valence-electron chi connectivity index (χ4n) is 2.20. The second-order valence-electron chi connectivity index (χ2n) is 5.59. The monoisotopic (exact) mass is 276 g/mol. The predicted octanol–water partition coefficient (Wildman–Crippen LogP) is 2.62. The molecule has 0 aliphatic heterocycles. The normalized spacial score (nSPS) is 12.9. The molecule has 0 radical (unpaired) electrons. The first-order chi connectivity index (χ1) is 9.47. The van der Waals surface area contributed by atoms with Crippen molar-refractivity contribution in [2.45, 2.75) is 39.8 Å². The number of benzene rings is 1. The van der Waals surface area contributed by atoms with E-state index >= 15 is 0 Å². The molecule has 0 saturated carbocycles. The lowest BCUT2D eigenvalue weighted by molar-refractivity contribution is 0.457. The predicted molar refractivity (Wildman–Crippen MR) is 76.6 cm³/mol. The Morgan fingerprint density at radius 2 is 2.10 bits per heavy atom. The van der Waals surface area contributed by atoms with Crippen molar-refractivity contribution >= 4 is 0 Å². The quantitative estimate of drug-likeness (QED) is 0.913. The van der Waals surface area contributed by atoms with Gasteiger partial charge in [0.25, 0.3) is 0 Å². The summed E-state index contributed by atoms with van der Waals surface area (Å²) >= 11 is 0. The molecule has 1 unspecified atom stereocenters. The van der Waals surface area contributed by atoms with E-state index in [-0.39, 0.29) is 5.82 Å². The van der Waals surface area contributed by atoms with Crippen molar-refractivity contribution in [2.75, 3.05) is 0 Å². The van der Waals surface area contributed by atoms with Gasteiger partial charge in [0.2, 0.25) is 0 Å². The Morgan fingerprint density at radius 3 is 2.80 bits per heavy atom. The van der Waals surface area contributed by atoms with Gasteiger partial charge in [-0.25, -0.2) is 14.1 Å². The van der Waals surface area contributed by atoms with Gasteiger partial charge in [0.1, 0.15) is 18.0 Å². The maximum atomic E-state index is 13.8. The summed E-state index contributed by atoms with van der Waals surface area (Å²) in [5.41, 5.74) is 7.67. The average molecular weight is 276 g/mol. The summed E-state index contributed by atoms with van der Waals surface area (Å²) in [7, 11) is 0. The van der Waals surface area contributed by atoms with Crippen LogP contribution in [0.4, 0.5) is 4.39 Å². The average Bonchev–Trinajstić information content (AvgIpc) is 2.78. The zero-order valence-electron chi connectivity index (χ0n) is 12.2. The van der Waals surface area contributed by atoms with Crippen LogP contribution in [-0.4, -0.2) is 14.8 Å². The molecule has 20 heavy (non-hydrogen) atoms. The van der Waals surface area contributed by atoms with Gasteiger partial charge in [-0.2, -0.15) is 5.10 Å². The summed E-state index contributed by atoms with van der Waals surface area (Å²) in [6, 6.07) is 4.59. The zero-order chi connectivity index (χ0) is 14.7. The summed E-state index contributed by atoms with van der Waals surface area (Å²) in [6.07, 6.45) is 2.00. The van der Waals surface area contributed by atoms with Crippen LogP contribution >= 0.6 is 0 Å². The third-order valence-electron chi connectivity index (χ3n) is 3.19. The van der Waals surface area contributed by atoms with Crippen LogP contribution in [-0.2, 0) is 13.0 Å². The zero-order valence-corrected chi connectivity index (χ0v) is 12.2. The van der Waals surface area contributed by atoms with Crippen LogP contribution in [0, 0.1) is 18.7 Å². The number of hydrogen-bond donors (Lipinski definition) is 1. The molecule has 2 rings (SSSR count). The van der Waals surface area contributed by atoms with E-state index < -0.39 is 6.04 Å². The third kappa shape index (κ3) is 3.42. The molecule has 2 aromatic rings. The maximum Gasteiger partial charge on any atom is 0.138 e. The molecular formula is C15H21FN4. The molecule has 0 amide bonds. The lowest BCUT2D eigenvalue weighted by Crippen LogP contribution is -2.19. The number of aryl methyl sites for hydroxylation is 1. The molecule has 0 bridgehead atoms. The number of rotatable bonds is 5. The van der Waals surface area contributed by atoms with Crippen molar-refractivity contribution in [1.82, 2.24) is 14.8 Å². The van der Waals surface area contributed by atoms with E-state index in [2.05, 4.69) is 23.9 Å². The Bertz CT molecular complexity index is 577. The third-order valence-corrected chi connectivity index (χ3v) is 3.19. The van der Waals surface area contributed by atoms with Crippen LogP contribution < -0.4 is 5.73 Å². The van der Waals surface area contributed by atoms with E-state index in [1.807, 2.05) is 11.6 Å². The second-order valence-corrected chi connectivity index (χ2v) is 5.59. The molecule has 1 aromatic carbocycles. The molecule has 0 saturated heterocycles. The Kier molecular flexibility index (Phi) is 4.49.